The molecule has 6 nitrogen and oxygen atoms in total. The maximum atomic E-state index is 12.7. The molecule has 0 amide bonds. The first-order valence-corrected chi connectivity index (χ1v) is 7.43. The summed E-state index contributed by atoms with van der Waals surface area (Å²) in [7, 11) is 0. The van der Waals surface area contributed by atoms with Crippen molar-refractivity contribution in [1.82, 2.24) is 20.0 Å². The number of hydrogen-bond donors (Lipinski definition) is 2. The van der Waals surface area contributed by atoms with Gasteiger partial charge in [-0.2, -0.15) is 13.2 Å². The molecule has 0 aliphatic rings. The zero-order valence-corrected chi connectivity index (χ0v) is 13.0. The molecule has 0 atom stereocenters. The third kappa shape index (κ3) is 4.13. The van der Waals surface area contributed by atoms with Crippen molar-refractivity contribution in [3.63, 3.8) is 0 Å². The maximum absolute atomic E-state index is 12.7. The molecular weight excluding hydrogens is 333 g/mol. The minimum absolute atomic E-state index is 0.296. The van der Waals surface area contributed by atoms with E-state index < -0.39 is 11.9 Å². The van der Waals surface area contributed by atoms with Crippen LogP contribution in [0.2, 0.25) is 0 Å². The fraction of sp³-hybridized carbons (Fsp3) is 0.188. The van der Waals surface area contributed by atoms with E-state index in [1.807, 2.05) is 24.3 Å². The number of halogens is 3. The summed E-state index contributed by atoms with van der Waals surface area (Å²) in [6, 6.07) is 9.90. The van der Waals surface area contributed by atoms with Gasteiger partial charge < -0.3 is 11.1 Å². The van der Waals surface area contributed by atoms with Gasteiger partial charge in [0.15, 0.2) is 0 Å². The van der Waals surface area contributed by atoms with Gasteiger partial charge in [-0.15, -0.1) is 5.10 Å². The largest absolute Gasteiger partial charge is 0.433 e. The van der Waals surface area contributed by atoms with E-state index in [1.54, 1.807) is 10.9 Å². The molecule has 3 aromatic rings. The Morgan fingerprint density at radius 3 is 2.72 bits per heavy atom. The lowest BCUT2D eigenvalue weighted by Crippen LogP contribution is -2.09. The third-order valence-electron chi connectivity index (χ3n) is 3.47. The Hall–Kier alpha value is -2.94. The number of anilines is 1. The zero-order chi connectivity index (χ0) is 17.9. The third-order valence-corrected chi connectivity index (χ3v) is 3.47. The van der Waals surface area contributed by atoms with Gasteiger partial charge in [-0.3, -0.25) is 4.98 Å². The second-order valence-corrected chi connectivity index (χ2v) is 5.31. The molecule has 0 saturated carbocycles. The summed E-state index contributed by atoms with van der Waals surface area (Å²) in [6.45, 7) is 0.651. The first kappa shape index (κ1) is 16.9. The number of nitrogens with one attached hydrogen (secondary N) is 1. The van der Waals surface area contributed by atoms with Crippen molar-refractivity contribution in [2.24, 2.45) is 5.73 Å². The summed E-state index contributed by atoms with van der Waals surface area (Å²) in [5, 5.41) is 10.9. The van der Waals surface area contributed by atoms with Crippen molar-refractivity contribution in [3.8, 4) is 5.69 Å². The summed E-state index contributed by atoms with van der Waals surface area (Å²) < 4.78 is 39.7. The number of alkyl halides is 3. The van der Waals surface area contributed by atoms with E-state index in [1.165, 1.54) is 6.07 Å². The Bertz CT molecular complexity index is 859. The lowest BCUT2D eigenvalue weighted by Gasteiger charge is -2.10. The lowest BCUT2D eigenvalue weighted by atomic mass is 10.2. The quantitative estimate of drug-likeness (QED) is 0.741. The first-order chi connectivity index (χ1) is 12.0. The molecule has 3 N–H and O–H groups in total. The summed E-state index contributed by atoms with van der Waals surface area (Å²) in [6.07, 6.45) is -1.61. The van der Waals surface area contributed by atoms with Crippen molar-refractivity contribution >= 4 is 5.69 Å². The minimum atomic E-state index is -4.47. The monoisotopic (exact) mass is 348 g/mol. The van der Waals surface area contributed by atoms with Gasteiger partial charge in [0.1, 0.15) is 5.69 Å². The molecular formula is C16H15F3N6. The molecule has 2 aromatic heterocycles. The van der Waals surface area contributed by atoms with E-state index >= 15 is 0 Å². The van der Waals surface area contributed by atoms with Gasteiger partial charge in [0.05, 0.1) is 17.6 Å². The Balaban J connectivity index is 1.73. The predicted molar refractivity (Wildman–Crippen MR) is 85.8 cm³/mol. The van der Waals surface area contributed by atoms with Crippen LogP contribution in [0, 0.1) is 0 Å². The van der Waals surface area contributed by atoms with Gasteiger partial charge in [0.25, 0.3) is 0 Å². The van der Waals surface area contributed by atoms with Gasteiger partial charge in [0.2, 0.25) is 0 Å². The first-order valence-electron chi connectivity index (χ1n) is 7.43. The van der Waals surface area contributed by atoms with Crippen LogP contribution in [0.3, 0.4) is 0 Å². The van der Waals surface area contributed by atoms with Gasteiger partial charge in [0, 0.05) is 25.0 Å². The SMILES string of the molecule is NCc1cn(-c2cccc(CNc3ccnc(C(F)(F)F)c3)c2)nn1. The topological polar surface area (TPSA) is 81.6 Å². The molecule has 3 rings (SSSR count). The van der Waals surface area contributed by atoms with Crippen LogP contribution in [0.1, 0.15) is 17.0 Å². The summed E-state index contributed by atoms with van der Waals surface area (Å²) in [5.41, 5.74) is 7.27. The lowest BCUT2D eigenvalue weighted by molar-refractivity contribution is -0.141. The smallest absolute Gasteiger partial charge is 0.381 e. The predicted octanol–water partition coefficient (Wildman–Crippen LogP) is 2.75. The second-order valence-electron chi connectivity index (χ2n) is 5.31. The van der Waals surface area contributed by atoms with E-state index in [9.17, 15) is 13.2 Å². The van der Waals surface area contributed by atoms with E-state index in [0.29, 0.717) is 24.5 Å². The molecule has 9 heteroatoms. The molecule has 0 spiro atoms. The molecule has 1 aromatic carbocycles. The highest BCUT2D eigenvalue weighted by Gasteiger charge is 2.32. The number of benzene rings is 1. The molecule has 25 heavy (non-hydrogen) atoms. The normalized spacial score (nSPS) is 11.5. The van der Waals surface area contributed by atoms with E-state index in [4.69, 9.17) is 5.73 Å². The fourth-order valence-electron chi connectivity index (χ4n) is 2.23. The number of nitrogens with two attached hydrogens (primary N) is 1. The molecule has 0 unspecified atom stereocenters. The van der Waals surface area contributed by atoms with Gasteiger partial charge in [-0.05, 0) is 29.8 Å². The van der Waals surface area contributed by atoms with E-state index in [2.05, 4.69) is 20.6 Å². The number of nitrogens with zero attached hydrogens (tertiary/aromatic N) is 4. The standard InChI is InChI=1S/C16H15F3N6/c17-16(18,19)15-7-12(4-5-21-15)22-9-11-2-1-3-14(6-11)25-10-13(8-20)23-24-25/h1-7,10H,8-9,20H2,(H,21,22). The van der Waals surface area contributed by atoms with Crippen LogP contribution in [-0.4, -0.2) is 20.0 Å². The van der Waals surface area contributed by atoms with E-state index in [-0.39, 0.29) is 0 Å². The van der Waals surface area contributed by atoms with E-state index in [0.717, 1.165) is 23.5 Å². The highest BCUT2D eigenvalue weighted by molar-refractivity contribution is 5.45. The van der Waals surface area contributed by atoms with Crippen LogP contribution < -0.4 is 11.1 Å². The second kappa shape index (κ2) is 6.89. The fourth-order valence-corrected chi connectivity index (χ4v) is 2.23. The molecule has 130 valence electrons. The van der Waals surface area contributed by atoms with Gasteiger partial charge in [-0.25, -0.2) is 4.68 Å². The Labute approximate surface area is 141 Å². The highest BCUT2D eigenvalue weighted by Crippen LogP contribution is 2.28. The summed E-state index contributed by atoms with van der Waals surface area (Å²) in [5.74, 6) is 0. The van der Waals surface area contributed by atoms with Crippen LogP contribution in [0.25, 0.3) is 5.69 Å². The van der Waals surface area contributed by atoms with Crippen LogP contribution in [0.15, 0.2) is 48.8 Å². The highest BCUT2D eigenvalue weighted by atomic mass is 19.4. The summed E-state index contributed by atoms with van der Waals surface area (Å²) >= 11 is 0. The van der Waals surface area contributed by atoms with Crippen molar-refractivity contribution in [3.05, 3.63) is 65.7 Å². The number of pyridine rings is 1. The number of hydrogen-bond acceptors (Lipinski definition) is 5. The maximum Gasteiger partial charge on any atom is 0.433 e. The molecule has 0 radical (unpaired) electrons. The molecule has 0 saturated heterocycles. The summed E-state index contributed by atoms with van der Waals surface area (Å²) in [4.78, 5) is 3.34. The van der Waals surface area contributed by atoms with Crippen LogP contribution in [-0.2, 0) is 19.3 Å². The zero-order valence-electron chi connectivity index (χ0n) is 13.0. The van der Waals surface area contributed by atoms with Crippen molar-refractivity contribution in [2.45, 2.75) is 19.3 Å². The van der Waals surface area contributed by atoms with Gasteiger partial charge >= 0.3 is 6.18 Å². The molecule has 0 fully saturated rings. The molecule has 2 heterocycles. The van der Waals surface area contributed by atoms with Crippen LogP contribution >= 0.6 is 0 Å². The average Bonchev–Trinajstić information content (AvgIpc) is 3.09. The minimum Gasteiger partial charge on any atom is -0.381 e. The number of aromatic nitrogens is 4. The van der Waals surface area contributed by atoms with Crippen LogP contribution in [0.4, 0.5) is 18.9 Å². The average molecular weight is 348 g/mol. The molecule has 0 aliphatic heterocycles. The molecule has 0 bridgehead atoms. The van der Waals surface area contributed by atoms with Crippen molar-refractivity contribution < 1.29 is 13.2 Å². The number of rotatable bonds is 5. The van der Waals surface area contributed by atoms with Gasteiger partial charge in [-0.1, -0.05) is 17.3 Å². The Kier molecular flexibility index (Phi) is 4.66. The van der Waals surface area contributed by atoms with Crippen molar-refractivity contribution in [2.75, 3.05) is 5.32 Å². The Morgan fingerprint density at radius 1 is 1.16 bits per heavy atom. The van der Waals surface area contributed by atoms with Crippen molar-refractivity contribution in [1.29, 1.82) is 0 Å². The Morgan fingerprint density at radius 2 is 2.00 bits per heavy atom. The van der Waals surface area contributed by atoms with Crippen LogP contribution in [0.5, 0.6) is 0 Å². The molecule has 0 aliphatic carbocycles.